The van der Waals surface area contributed by atoms with Gasteiger partial charge in [-0.25, -0.2) is 0 Å². The van der Waals surface area contributed by atoms with E-state index < -0.39 is 0 Å². The fraction of sp³-hybridized carbons (Fsp3) is 0.273. The molecular formula is C11H9N3O3S. The van der Waals surface area contributed by atoms with Crippen LogP contribution in [0.5, 0.6) is 0 Å². The number of ether oxygens (including phenoxy) is 1. The second-order valence-electron chi connectivity index (χ2n) is 3.67. The second kappa shape index (κ2) is 4.77. The zero-order chi connectivity index (χ0) is 12.4. The van der Waals surface area contributed by atoms with Gasteiger partial charge in [-0.1, -0.05) is 0 Å². The number of pyridine rings is 1. The quantitative estimate of drug-likeness (QED) is 0.777. The van der Waals surface area contributed by atoms with Crippen LogP contribution in [-0.4, -0.2) is 33.0 Å². The van der Waals surface area contributed by atoms with Crippen molar-refractivity contribution in [3.8, 4) is 11.5 Å². The molecule has 1 aliphatic heterocycles. The molecule has 6 nitrogen and oxygen atoms in total. The average Bonchev–Trinajstić information content (AvgIpc) is 3.02. The summed E-state index contributed by atoms with van der Waals surface area (Å²) in [5.41, 5.74) is 0.804. The van der Waals surface area contributed by atoms with Crippen LogP contribution in [0.4, 0.5) is 0 Å². The van der Waals surface area contributed by atoms with Crippen LogP contribution in [0.2, 0.25) is 0 Å². The number of cyclic esters (lactones) is 1. The van der Waals surface area contributed by atoms with Gasteiger partial charge in [0, 0.05) is 24.4 Å². The second-order valence-corrected chi connectivity index (χ2v) is 4.83. The number of carbonyl (C=O) groups is 1. The molecule has 0 spiro atoms. The van der Waals surface area contributed by atoms with Crippen LogP contribution in [0.15, 0.2) is 34.2 Å². The normalized spacial score (nSPS) is 18.9. The Morgan fingerprint density at radius 1 is 1.28 bits per heavy atom. The zero-order valence-electron chi connectivity index (χ0n) is 9.28. The molecule has 7 heteroatoms. The van der Waals surface area contributed by atoms with E-state index in [9.17, 15) is 4.79 Å². The SMILES string of the molecule is O=C1OCC[C@H]1Sc1nnc(-c2ccncc2)o1. The van der Waals surface area contributed by atoms with E-state index in [0.717, 1.165) is 5.56 Å². The number of carbonyl (C=O) groups excluding carboxylic acids is 1. The Kier molecular flexibility index (Phi) is 2.97. The van der Waals surface area contributed by atoms with Crippen molar-refractivity contribution in [2.24, 2.45) is 0 Å². The maximum Gasteiger partial charge on any atom is 0.319 e. The van der Waals surface area contributed by atoms with Gasteiger partial charge < -0.3 is 9.15 Å². The number of thioether (sulfide) groups is 1. The van der Waals surface area contributed by atoms with Crippen molar-refractivity contribution in [3.63, 3.8) is 0 Å². The van der Waals surface area contributed by atoms with E-state index in [0.29, 0.717) is 24.1 Å². The highest BCUT2D eigenvalue weighted by molar-refractivity contribution is 8.00. The first kappa shape index (κ1) is 11.2. The van der Waals surface area contributed by atoms with Crippen LogP contribution in [-0.2, 0) is 9.53 Å². The van der Waals surface area contributed by atoms with Gasteiger partial charge in [-0.05, 0) is 23.9 Å². The summed E-state index contributed by atoms with van der Waals surface area (Å²) >= 11 is 1.24. The molecule has 1 atom stereocenters. The zero-order valence-corrected chi connectivity index (χ0v) is 10.1. The predicted octanol–water partition coefficient (Wildman–Crippen LogP) is 1.54. The number of esters is 1. The van der Waals surface area contributed by atoms with Gasteiger partial charge >= 0.3 is 5.97 Å². The van der Waals surface area contributed by atoms with Crippen LogP contribution in [0.1, 0.15) is 6.42 Å². The van der Waals surface area contributed by atoms with E-state index in [2.05, 4.69) is 15.2 Å². The summed E-state index contributed by atoms with van der Waals surface area (Å²) in [6.07, 6.45) is 3.98. The van der Waals surface area contributed by atoms with Crippen LogP contribution >= 0.6 is 11.8 Å². The van der Waals surface area contributed by atoms with Gasteiger partial charge in [-0.15, -0.1) is 10.2 Å². The summed E-state index contributed by atoms with van der Waals surface area (Å²) in [6.45, 7) is 0.460. The van der Waals surface area contributed by atoms with E-state index >= 15 is 0 Å². The fourth-order valence-corrected chi connectivity index (χ4v) is 2.41. The molecule has 0 aromatic carbocycles. The van der Waals surface area contributed by atoms with E-state index in [1.165, 1.54) is 11.8 Å². The van der Waals surface area contributed by atoms with Crippen LogP contribution in [0.3, 0.4) is 0 Å². The van der Waals surface area contributed by atoms with E-state index in [-0.39, 0.29) is 11.2 Å². The lowest BCUT2D eigenvalue weighted by atomic mass is 10.3. The smallest absolute Gasteiger partial charge is 0.319 e. The molecule has 0 unspecified atom stereocenters. The first-order valence-corrected chi connectivity index (χ1v) is 6.28. The van der Waals surface area contributed by atoms with Crippen molar-refractivity contribution >= 4 is 17.7 Å². The summed E-state index contributed by atoms with van der Waals surface area (Å²) in [7, 11) is 0. The van der Waals surface area contributed by atoms with Gasteiger partial charge in [-0.2, -0.15) is 0 Å². The summed E-state index contributed by atoms with van der Waals surface area (Å²) in [5, 5.41) is 7.98. The molecule has 18 heavy (non-hydrogen) atoms. The van der Waals surface area contributed by atoms with Crippen molar-refractivity contribution in [2.45, 2.75) is 16.9 Å². The van der Waals surface area contributed by atoms with E-state index in [1.807, 2.05) is 0 Å². The molecule has 2 aromatic heterocycles. The first-order valence-electron chi connectivity index (χ1n) is 5.40. The topological polar surface area (TPSA) is 78.1 Å². The van der Waals surface area contributed by atoms with Crippen molar-refractivity contribution in [2.75, 3.05) is 6.61 Å². The molecule has 0 radical (unpaired) electrons. The number of hydrogen-bond donors (Lipinski definition) is 0. The summed E-state index contributed by atoms with van der Waals surface area (Å²) < 4.78 is 10.4. The lowest BCUT2D eigenvalue weighted by Gasteiger charge is -1.99. The van der Waals surface area contributed by atoms with Gasteiger partial charge in [0.2, 0.25) is 5.89 Å². The van der Waals surface area contributed by atoms with Gasteiger partial charge in [0.05, 0.1) is 6.61 Å². The molecule has 0 aliphatic carbocycles. The minimum Gasteiger partial charge on any atom is -0.465 e. The minimum absolute atomic E-state index is 0.219. The molecule has 3 rings (SSSR count). The van der Waals surface area contributed by atoms with E-state index in [4.69, 9.17) is 9.15 Å². The predicted molar refractivity (Wildman–Crippen MR) is 62.8 cm³/mol. The molecule has 1 fully saturated rings. The highest BCUT2D eigenvalue weighted by Gasteiger charge is 2.29. The standard InChI is InChI=1S/C11H9N3O3S/c15-10-8(3-6-16-10)18-11-14-13-9(17-11)7-1-4-12-5-2-7/h1-2,4-5,8H,3,6H2/t8-/m1/s1. The Bertz CT molecular complexity index is 558. The Labute approximate surface area is 107 Å². The molecule has 92 valence electrons. The highest BCUT2D eigenvalue weighted by Crippen LogP contribution is 2.30. The maximum atomic E-state index is 11.3. The fourth-order valence-electron chi connectivity index (χ4n) is 1.57. The summed E-state index contributed by atoms with van der Waals surface area (Å²) in [5.74, 6) is 0.204. The van der Waals surface area contributed by atoms with Gasteiger partial charge in [0.15, 0.2) is 0 Å². The van der Waals surface area contributed by atoms with Crippen molar-refractivity contribution in [1.29, 1.82) is 0 Å². The van der Waals surface area contributed by atoms with Crippen molar-refractivity contribution < 1.29 is 13.9 Å². The number of aromatic nitrogens is 3. The Balaban J connectivity index is 1.76. The first-order chi connectivity index (χ1) is 8.83. The summed E-state index contributed by atoms with van der Waals surface area (Å²) in [6, 6.07) is 3.57. The molecule has 0 N–H and O–H groups in total. The largest absolute Gasteiger partial charge is 0.465 e. The van der Waals surface area contributed by atoms with E-state index in [1.54, 1.807) is 24.5 Å². The monoisotopic (exact) mass is 263 g/mol. The third kappa shape index (κ3) is 2.21. The lowest BCUT2D eigenvalue weighted by Crippen LogP contribution is -2.09. The molecule has 0 bridgehead atoms. The minimum atomic E-state index is -0.240. The number of hydrogen-bond acceptors (Lipinski definition) is 7. The van der Waals surface area contributed by atoms with Gasteiger partial charge in [-0.3, -0.25) is 9.78 Å². The van der Waals surface area contributed by atoms with Gasteiger partial charge in [0.1, 0.15) is 5.25 Å². The summed E-state index contributed by atoms with van der Waals surface area (Å²) in [4.78, 5) is 15.2. The molecule has 2 aromatic rings. The van der Waals surface area contributed by atoms with Gasteiger partial charge in [0.25, 0.3) is 5.22 Å². The Morgan fingerprint density at radius 3 is 2.83 bits per heavy atom. The van der Waals surface area contributed by atoms with Crippen LogP contribution in [0, 0.1) is 0 Å². The molecule has 3 heterocycles. The van der Waals surface area contributed by atoms with Crippen LogP contribution in [0.25, 0.3) is 11.5 Å². The molecule has 0 amide bonds. The molecule has 1 saturated heterocycles. The average molecular weight is 263 g/mol. The van der Waals surface area contributed by atoms with Crippen LogP contribution < -0.4 is 0 Å². The Hall–Kier alpha value is -1.89. The van der Waals surface area contributed by atoms with Crippen molar-refractivity contribution in [3.05, 3.63) is 24.5 Å². The molecule has 1 aliphatic rings. The highest BCUT2D eigenvalue weighted by atomic mass is 32.2. The third-order valence-electron chi connectivity index (χ3n) is 2.46. The third-order valence-corrected chi connectivity index (χ3v) is 3.54. The maximum absolute atomic E-state index is 11.3. The molecular weight excluding hydrogens is 254 g/mol. The Morgan fingerprint density at radius 2 is 2.11 bits per heavy atom. The lowest BCUT2D eigenvalue weighted by molar-refractivity contribution is -0.137. The van der Waals surface area contributed by atoms with Crippen molar-refractivity contribution in [1.82, 2.24) is 15.2 Å². The molecule has 0 saturated carbocycles. The number of rotatable bonds is 3. The number of nitrogens with zero attached hydrogens (tertiary/aromatic N) is 3.